The van der Waals surface area contributed by atoms with Crippen molar-refractivity contribution in [2.75, 3.05) is 26.3 Å². The lowest BCUT2D eigenvalue weighted by atomic mass is 10.00. The lowest BCUT2D eigenvalue weighted by Gasteiger charge is -2.17. The number of ether oxygens (including phenoxy) is 1. The Morgan fingerprint density at radius 3 is 2.72 bits per heavy atom. The van der Waals surface area contributed by atoms with E-state index in [1.165, 1.54) is 18.4 Å². The van der Waals surface area contributed by atoms with Crippen molar-refractivity contribution in [3.05, 3.63) is 35.9 Å². The van der Waals surface area contributed by atoms with Crippen LogP contribution in [0.15, 0.2) is 30.3 Å². The molecule has 1 unspecified atom stereocenters. The summed E-state index contributed by atoms with van der Waals surface area (Å²) < 4.78 is 5.85. The molecule has 2 rings (SSSR count). The van der Waals surface area contributed by atoms with Crippen LogP contribution in [0.4, 0.5) is 0 Å². The van der Waals surface area contributed by atoms with Gasteiger partial charge in [-0.25, -0.2) is 0 Å². The second-order valence-electron chi connectivity index (χ2n) is 5.34. The molecule has 2 nitrogen and oxygen atoms in total. The third-order valence-electron chi connectivity index (χ3n) is 3.45. The van der Waals surface area contributed by atoms with Crippen LogP contribution in [-0.4, -0.2) is 26.3 Å². The van der Waals surface area contributed by atoms with E-state index in [2.05, 4.69) is 42.6 Å². The maximum atomic E-state index is 5.85. The molecule has 1 saturated carbocycles. The van der Waals surface area contributed by atoms with Gasteiger partial charge < -0.3 is 10.1 Å². The van der Waals surface area contributed by atoms with Crippen LogP contribution >= 0.6 is 0 Å². The molecule has 0 bridgehead atoms. The Kier molecular flexibility index (Phi) is 5.69. The predicted octanol–water partition coefficient (Wildman–Crippen LogP) is 2.88. The van der Waals surface area contributed by atoms with Gasteiger partial charge in [0.05, 0.1) is 6.61 Å². The summed E-state index contributed by atoms with van der Waals surface area (Å²) in [6.45, 7) is 6.10. The van der Waals surface area contributed by atoms with Crippen LogP contribution in [0, 0.1) is 11.8 Å². The van der Waals surface area contributed by atoms with E-state index in [0.717, 1.165) is 38.6 Å². The fraction of sp³-hybridized carbons (Fsp3) is 0.625. The molecule has 100 valence electrons. The van der Waals surface area contributed by atoms with Crippen molar-refractivity contribution < 1.29 is 4.74 Å². The van der Waals surface area contributed by atoms with Crippen molar-refractivity contribution in [2.24, 2.45) is 11.8 Å². The third kappa shape index (κ3) is 5.19. The zero-order valence-electron chi connectivity index (χ0n) is 11.4. The standard InChI is InChI=1S/C16H25NO/c1-2-17-11-16(13-18-12-15-8-9-15)10-14-6-4-3-5-7-14/h3-7,15-17H,2,8-13H2,1H3. The van der Waals surface area contributed by atoms with Crippen LogP contribution in [0.1, 0.15) is 25.3 Å². The van der Waals surface area contributed by atoms with Crippen LogP contribution in [-0.2, 0) is 11.2 Å². The van der Waals surface area contributed by atoms with E-state index < -0.39 is 0 Å². The first kappa shape index (κ1) is 13.6. The molecule has 0 saturated heterocycles. The second-order valence-corrected chi connectivity index (χ2v) is 5.34. The summed E-state index contributed by atoms with van der Waals surface area (Å²) in [5.74, 6) is 1.45. The van der Waals surface area contributed by atoms with Gasteiger partial charge in [0, 0.05) is 13.2 Å². The molecule has 2 heteroatoms. The average molecular weight is 247 g/mol. The van der Waals surface area contributed by atoms with Gasteiger partial charge in [0.25, 0.3) is 0 Å². The summed E-state index contributed by atoms with van der Waals surface area (Å²) in [4.78, 5) is 0. The fourth-order valence-corrected chi connectivity index (χ4v) is 2.17. The van der Waals surface area contributed by atoms with Gasteiger partial charge >= 0.3 is 0 Å². The first-order chi connectivity index (χ1) is 8.88. The molecule has 1 aliphatic carbocycles. The molecular formula is C16H25NO. The lowest BCUT2D eigenvalue weighted by molar-refractivity contribution is 0.0909. The highest BCUT2D eigenvalue weighted by atomic mass is 16.5. The largest absolute Gasteiger partial charge is 0.381 e. The van der Waals surface area contributed by atoms with E-state index in [9.17, 15) is 0 Å². The van der Waals surface area contributed by atoms with Gasteiger partial charge in [0.2, 0.25) is 0 Å². The maximum absolute atomic E-state index is 5.85. The summed E-state index contributed by atoms with van der Waals surface area (Å²) in [6.07, 6.45) is 3.85. The van der Waals surface area contributed by atoms with Crippen LogP contribution in [0.2, 0.25) is 0 Å². The Labute approximate surface area is 111 Å². The van der Waals surface area contributed by atoms with Crippen molar-refractivity contribution in [3.8, 4) is 0 Å². The van der Waals surface area contributed by atoms with Crippen molar-refractivity contribution in [3.63, 3.8) is 0 Å². The minimum atomic E-state index is 0.589. The number of hydrogen-bond donors (Lipinski definition) is 1. The van der Waals surface area contributed by atoms with E-state index in [4.69, 9.17) is 4.74 Å². The SMILES string of the molecule is CCNCC(COCC1CC1)Cc1ccccc1. The van der Waals surface area contributed by atoms with E-state index in [1.807, 2.05) is 0 Å². The van der Waals surface area contributed by atoms with Gasteiger partial charge in [-0.15, -0.1) is 0 Å². The quantitative estimate of drug-likeness (QED) is 0.724. The number of hydrogen-bond acceptors (Lipinski definition) is 2. The van der Waals surface area contributed by atoms with E-state index >= 15 is 0 Å². The Hall–Kier alpha value is -0.860. The lowest BCUT2D eigenvalue weighted by Crippen LogP contribution is -2.27. The monoisotopic (exact) mass is 247 g/mol. The molecule has 0 heterocycles. The first-order valence-corrected chi connectivity index (χ1v) is 7.21. The van der Waals surface area contributed by atoms with E-state index in [1.54, 1.807) is 0 Å². The van der Waals surface area contributed by atoms with Crippen LogP contribution < -0.4 is 5.32 Å². The molecule has 18 heavy (non-hydrogen) atoms. The molecule has 0 radical (unpaired) electrons. The second kappa shape index (κ2) is 7.55. The highest BCUT2D eigenvalue weighted by Crippen LogP contribution is 2.29. The number of rotatable bonds is 9. The van der Waals surface area contributed by atoms with Crippen LogP contribution in [0.5, 0.6) is 0 Å². The molecule has 1 aromatic carbocycles. The molecule has 0 spiro atoms. The topological polar surface area (TPSA) is 21.3 Å². The minimum absolute atomic E-state index is 0.589. The average Bonchev–Trinajstić information content (AvgIpc) is 3.21. The predicted molar refractivity (Wildman–Crippen MR) is 75.7 cm³/mol. The van der Waals surface area contributed by atoms with Crippen molar-refractivity contribution in [1.29, 1.82) is 0 Å². The molecule has 1 aromatic rings. The molecule has 1 N–H and O–H groups in total. The zero-order chi connectivity index (χ0) is 12.6. The minimum Gasteiger partial charge on any atom is -0.381 e. The van der Waals surface area contributed by atoms with Gasteiger partial charge in [-0.1, -0.05) is 37.3 Å². The van der Waals surface area contributed by atoms with E-state index in [0.29, 0.717) is 5.92 Å². The third-order valence-corrected chi connectivity index (χ3v) is 3.45. The molecular weight excluding hydrogens is 222 g/mol. The zero-order valence-corrected chi connectivity index (χ0v) is 11.4. The van der Waals surface area contributed by atoms with E-state index in [-0.39, 0.29) is 0 Å². The van der Waals surface area contributed by atoms with Gasteiger partial charge in [-0.3, -0.25) is 0 Å². The van der Waals surface area contributed by atoms with Gasteiger partial charge in [-0.05, 0) is 43.2 Å². The summed E-state index contributed by atoms with van der Waals surface area (Å²) in [7, 11) is 0. The van der Waals surface area contributed by atoms with Gasteiger partial charge in [0.1, 0.15) is 0 Å². The van der Waals surface area contributed by atoms with Gasteiger partial charge in [-0.2, -0.15) is 0 Å². The molecule has 0 amide bonds. The number of nitrogens with one attached hydrogen (secondary N) is 1. The first-order valence-electron chi connectivity index (χ1n) is 7.21. The Balaban J connectivity index is 1.75. The summed E-state index contributed by atoms with van der Waals surface area (Å²) >= 11 is 0. The highest BCUT2D eigenvalue weighted by molar-refractivity contribution is 5.15. The summed E-state index contributed by atoms with van der Waals surface area (Å²) in [5, 5.41) is 3.44. The summed E-state index contributed by atoms with van der Waals surface area (Å²) in [5.41, 5.74) is 1.41. The van der Waals surface area contributed by atoms with Crippen molar-refractivity contribution in [1.82, 2.24) is 5.32 Å². The summed E-state index contributed by atoms with van der Waals surface area (Å²) in [6, 6.07) is 10.7. The molecule has 0 aliphatic heterocycles. The Bertz CT molecular complexity index is 321. The number of benzene rings is 1. The molecule has 1 atom stereocenters. The molecule has 0 aromatic heterocycles. The molecule has 1 fully saturated rings. The Morgan fingerprint density at radius 2 is 2.06 bits per heavy atom. The normalized spacial score (nSPS) is 16.7. The fourth-order valence-electron chi connectivity index (χ4n) is 2.17. The maximum Gasteiger partial charge on any atom is 0.0509 e. The highest BCUT2D eigenvalue weighted by Gasteiger charge is 2.21. The van der Waals surface area contributed by atoms with Crippen molar-refractivity contribution in [2.45, 2.75) is 26.2 Å². The van der Waals surface area contributed by atoms with Crippen molar-refractivity contribution >= 4 is 0 Å². The van der Waals surface area contributed by atoms with Crippen LogP contribution in [0.25, 0.3) is 0 Å². The van der Waals surface area contributed by atoms with Crippen LogP contribution in [0.3, 0.4) is 0 Å². The smallest absolute Gasteiger partial charge is 0.0509 e. The van der Waals surface area contributed by atoms with Gasteiger partial charge in [0.15, 0.2) is 0 Å². The molecule has 1 aliphatic rings. The Morgan fingerprint density at radius 1 is 1.28 bits per heavy atom.